The molecule has 5 nitrogen and oxygen atoms in total. The minimum absolute atomic E-state index is 0.120. The number of aromatic hydroxyl groups is 1. The van der Waals surface area contributed by atoms with Crippen LogP contribution in [0.3, 0.4) is 0 Å². The van der Waals surface area contributed by atoms with E-state index in [0.717, 1.165) is 8.04 Å². The zero-order chi connectivity index (χ0) is 18.0. The fourth-order valence-corrected chi connectivity index (χ4v) is 3.32. The Hall–Kier alpha value is -2.18. The topological polar surface area (TPSA) is 66.9 Å². The van der Waals surface area contributed by atoms with E-state index in [1.165, 1.54) is 0 Å². The van der Waals surface area contributed by atoms with E-state index in [0.29, 0.717) is 16.5 Å². The monoisotopic (exact) mass is 507 g/mol. The number of halogens is 2. The number of carbonyl (C=O) groups excluding carboxylic acids is 1. The van der Waals surface area contributed by atoms with Crippen molar-refractivity contribution in [2.45, 2.75) is 6.54 Å². The molecule has 0 aliphatic carbocycles. The summed E-state index contributed by atoms with van der Waals surface area (Å²) in [6.45, 7) is 0.185. The predicted octanol–water partition coefficient (Wildman–Crippen LogP) is 5.27. The molecular weight excluding hydrogens is 497 g/mol. The van der Waals surface area contributed by atoms with Crippen LogP contribution in [-0.2, 0) is 6.54 Å². The maximum atomic E-state index is 12.2. The van der Waals surface area contributed by atoms with Crippen molar-refractivity contribution < 1.29 is 9.90 Å². The van der Waals surface area contributed by atoms with Crippen LogP contribution in [0.1, 0.15) is 10.4 Å². The van der Waals surface area contributed by atoms with Gasteiger partial charge in [-0.25, -0.2) is 0 Å². The second-order valence-electron chi connectivity index (χ2n) is 5.14. The van der Waals surface area contributed by atoms with Crippen molar-refractivity contribution in [3.63, 3.8) is 0 Å². The number of terminal acetylenes is 1. The first-order valence-corrected chi connectivity index (χ1v) is 9.04. The average Bonchev–Trinajstić information content (AvgIpc) is 2.84. The van der Waals surface area contributed by atoms with E-state index in [9.17, 15) is 9.90 Å². The van der Waals surface area contributed by atoms with E-state index in [2.05, 4.69) is 54.7 Å². The molecule has 0 aliphatic rings. The third-order valence-electron chi connectivity index (χ3n) is 3.53. The Bertz CT molecular complexity index is 1050. The lowest BCUT2D eigenvalue weighted by Gasteiger charge is -2.00. The molecule has 3 rings (SSSR count). The molecule has 2 aromatic carbocycles. The quantitative estimate of drug-likeness (QED) is 0.298. The summed E-state index contributed by atoms with van der Waals surface area (Å²) < 4.78 is 3.29. The zero-order valence-electron chi connectivity index (χ0n) is 12.8. The van der Waals surface area contributed by atoms with Gasteiger partial charge in [0.1, 0.15) is 0 Å². The summed E-state index contributed by atoms with van der Waals surface area (Å²) in [5.41, 5.74) is 1.36. The van der Waals surface area contributed by atoms with Gasteiger partial charge in [-0.1, -0.05) is 27.9 Å². The van der Waals surface area contributed by atoms with Crippen LogP contribution in [0.25, 0.3) is 10.9 Å². The number of hydrogen-bond donors (Lipinski definition) is 1. The molecule has 124 valence electrons. The van der Waals surface area contributed by atoms with Crippen LogP contribution in [-0.4, -0.2) is 15.6 Å². The number of hydrogen-bond acceptors (Lipinski definition) is 3. The largest absolute Gasteiger partial charge is 0.493 e. The van der Waals surface area contributed by atoms with Crippen molar-refractivity contribution >= 4 is 61.0 Å². The smallest absolute Gasteiger partial charge is 0.295 e. The number of amides is 1. The van der Waals surface area contributed by atoms with Crippen molar-refractivity contribution in [1.82, 2.24) is 4.57 Å². The average molecular weight is 508 g/mol. The van der Waals surface area contributed by atoms with E-state index >= 15 is 0 Å². The Labute approximate surface area is 166 Å². The van der Waals surface area contributed by atoms with Crippen LogP contribution in [0.5, 0.6) is 5.88 Å². The highest BCUT2D eigenvalue weighted by molar-refractivity contribution is 14.1. The van der Waals surface area contributed by atoms with Crippen LogP contribution < -0.4 is 0 Å². The van der Waals surface area contributed by atoms with Crippen LogP contribution in [0, 0.1) is 15.9 Å². The third kappa shape index (κ3) is 3.60. The van der Waals surface area contributed by atoms with Gasteiger partial charge in [-0.05, 0) is 59.0 Å². The van der Waals surface area contributed by atoms with Crippen molar-refractivity contribution in [3.05, 3.63) is 56.1 Å². The fraction of sp³-hybridized carbons (Fsp3) is 0.0556. The lowest BCUT2D eigenvalue weighted by atomic mass is 10.2. The number of aromatic nitrogens is 1. The zero-order valence-corrected chi connectivity index (χ0v) is 16.5. The highest BCUT2D eigenvalue weighted by atomic mass is 127. The van der Waals surface area contributed by atoms with Gasteiger partial charge >= 0.3 is 0 Å². The number of carbonyl (C=O) groups is 1. The molecule has 0 bridgehead atoms. The van der Waals surface area contributed by atoms with Gasteiger partial charge in [0.25, 0.3) is 5.91 Å². The highest BCUT2D eigenvalue weighted by Crippen LogP contribution is 2.40. The molecule has 0 atom stereocenters. The Morgan fingerprint density at radius 2 is 2.12 bits per heavy atom. The van der Waals surface area contributed by atoms with E-state index in [1.807, 2.05) is 18.2 Å². The Kier molecular flexibility index (Phi) is 5.20. The number of rotatable bonds is 3. The summed E-state index contributed by atoms with van der Waals surface area (Å²) in [7, 11) is 0. The van der Waals surface area contributed by atoms with Crippen LogP contribution >= 0.6 is 38.5 Å². The normalized spacial score (nSPS) is 11.1. The van der Waals surface area contributed by atoms with Crippen molar-refractivity contribution in [1.29, 1.82) is 0 Å². The summed E-state index contributed by atoms with van der Waals surface area (Å²) in [5, 5.41) is 18.9. The summed E-state index contributed by atoms with van der Waals surface area (Å²) in [5.74, 6) is 1.89. The summed E-state index contributed by atoms with van der Waals surface area (Å²) in [6, 6.07) is 12.5. The molecule has 0 saturated carbocycles. The molecule has 0 radical (unpaired) electrons. The summed E-state index contributed by atoms with van der Waals surface area (Å²) in [4.78, 5) is 12.2. The first kappa shape index (κ1) is 17.6. The lowest BCUT2D eigenvalue weighted by Crippen LogP contribution is -1.94. The van der Waals surface area contributed by atoms with Gasteiger partial charge in [-0.2, -0.15) is 0 Å². The molecule has 0 fully saturated rings. The number of azo groups is 1. The van der Waals surface area contributed by atoms with E-state index in [-0.39, 0.29) is 18.1 Å². The lowest BCUT2D eigenvalue weighted by molar-refractivity contribution is 0.0995. The molecule has 3 aromatic rings. The predicted molar refractivity (Wildman–Crippen MR) is 108 cm³/mol. The van der Waals surface area contributed by atoms with Gasteiger partial charge in [0, 0.05) is 19.0 Å². The molecule has 0 aliphatic heterocycles. The molecule has 1 heterocycles. The Morgan fingerprint density at radius 1 is 1.32 bits per heavy atom. The van der Waals surface area contributed by atoms with Crippen LogP contribution in [0.4, 0.5) is 5.69 Å². The van der Waals surface area contributed by atoms with Crippen molar-refractivity contribution in [2.75, 3.05) is 0 Å². The van der Waals surface area contributed by atoms with Gasteiger partial charge in [-0.15, -0.1) is 16.7 Å². The van der Waals surface area contributed by atoms with Gasteiger partial charge in [0.05, 0.1) is 12.1 Å². The number of nitrogens with zero attached hydrogens (tertiary/aromatic N) is 3. The SMILES string of the molecule is C#CCn1c(O)c(N=NC(=O)c2cccc(I)c2)c2cc(Br)ccc21. The third-order valence-corrected chi connectivity index (χ3v) is 4.70. The molecule has 0 unspecified atom stereocenters. The number of fused-ring (bicyclic) bond motifs is 1. The molecule has 0 spiro atoms. The minimum atomic E-state index is -0.481. The molecule has 1 amide bonds. The van der Waals surface area contributed by atoms with Crippen molar-refractivity contribution in [3.8, 4) is 18.2 Å². The van der Waals surface area contributed by atoms with Gasteiger partial charge < -0.3 is 5.11 Å². The maximum absolute atomic E-state index is 12.2. The van der Waals surface area contributed by atoms with E-state index in [4.69, 9.17) is 6.42 Å². The number of benzene rings is 2. The van der Waals surface area contributed by atoms with Gasteiger partial charge in [-0.3, -0.25) is 9.36 Å². The molecule has 7 heteroatoms. The van der Waals surface area contributed by atoms with E-state index < -0.39 is 5.91 Å². The Morgan fingerprint density at radius 3 is 2.84 bits per heavy atom. The summed E-state index contributed by atoms with van der Waals surface area (Å²) in [6.07, 6.45) is 5.37. The second-order valence-corrected chi connectivity index (χ2v) is 7.30. The molecule has 1 N–H and O–H groups in total. The molecule has 1 aromatic heterocycles. The standard InChI is InChI=1S/C18H11BrIN3O2/c1-2-8-23-15-7-6-12(19)10-14(15)16(18(23)25)21-22-17(24)11-4-3-5-13(20)9-11/h1,3-7,9-10,25H,8H2. The van der Waals surface area contributed by atoms with Crippen molar-refractivity contribution in [2.24, 2.45) is 10.2 Å². The van der Waals surface area contributed by atoms with Crippen LogP contribution in [0.15, 0.2) is 57.2 Å². The highest BCUT2D eigenvalue weighted by Gasteiger charge is 2.17. The first-order valence-electron chi connectivity index (χ1n) is 7.17. The van der Waals surface area contributed by atoms with Crippen LogP contribution in [0.2, 0.25) is 0 Å². The molecule has 0 saturated heterocycles. The first-order chi connectivity index (χ1) is 12.0. The fourth-order valence-electron chi connectivity index (χ4n) is 2.42. The van der Waals surface area contributed by atoms with E-state index in [1.54, 1.807) is 28.8 Å². The Balaban J connectivity index is 2.06. The second kappa shape index (κ2) is 7.37. The maximum Gasteiger partial charge on any atom is 0.295 e. The summed E-state index contributed by atoms with van der Waals surface area (Å²) >= 11 is 5.51. The minimum Gasteiger partial charge on any atom is -0.493 e. The molecular formula is C18H11BrIN3O2. The van der Waals surface area contributed by atoms with Gasteiger partial charge in [0.15, 0.2) is 5.69 Å². The van der Waals surface area contributed by atoms with Gasteiger partial charge in [0.2, 0.25) is 5.88 Å². The molecule has 25 heavy (non-hydrogen) atoms.